The molecule has 0 aliphatic heterocycles. The van der Waals surface area contributed by atoms with Crippen LogP contribution in [-0.4, -0.2) is 50.3 Å². The number of methoxy groups -OCH3 is 1. The molecule has 2 aromatic carbocycles. The van der Waals surface area contributed by atoms with E-state index in [0.717, 1.165) is 24.9 Å². The van der Waals surface area contributed by atoms with Crippen LogP contribution in [0.4, 0.5) is 0 Å². The Labute approximate surface area is 177 Å². The van der Waals surface area contributed by atoms with Crippen molar-refractivity contribution in [3.05, 3.63) is 59.2 Å². The lowest BCUT2D eigenvalue weighted by atomic mass is 10.0. The molecule has 0 fully saturated rings. The first-order chi connectivity index (χ1) is 14.5. The highest BCUT2D eigenvalue weighted by Gasteiger charge is 2.25. The SMILES string of the molecule is CNCCCCOc1cc(C)c(C(=O)N[C@@H](Cc2ccccc2)C(=O)OC)c(O)c1. The summed E-state index contributed by atoms with van der Waals surface area (Å²) in [6, 6.07) is 11.6. The number of benzene rings is 2. The van der Waals surface area contributed by atoms with Gasteiger partial charge in [-0.05, 0) is 50.6 Å². The van der Waals surface area contributed by atoms with Gasteiger partial charge in [0.15, 0.2) is 0 Å². The molecule has 0 aliphatic rings. The van der Waals surface area contributed by atoms with Gasteiger partial charge < -0.3 is 25.2 Å². The largest absolute Gasteiger partial charge is 0.507 e. The lowest BCUT2D eigenvalue weighted by Crippen LogP contribution is -2.43. The average Bonchev–Trinajstić information content (AvgIpc) is 2.73. The number of hydrogen-bond donors (Lipinski definition) is 3. The molecule has 3 N–H and O–H groups in total. The zero-order valence-corrected chi connectivity index (χ0v) is 17.7. The quantitative estimate of drug-likeness (QED) is 0.386. The van der Waals surface area contributed by atoms with Crippen LogP contribution in [0.25, 0.3) is 0 Å². The number of phenols is 1. The summed E-state index contributed by atoms with van der Waals surface area (Å²) in [7, 11) is 3.18. The second-order valence-electron chi connectivity index (χ2n) is 7.03. The highest BCUT2D eigenvalue weighted by molar-refractivity contribution is 6.00. The van der Waals surface area contributed by atoms with Crippen LogP contribution in [0.15, 0.2) is 42.5 Å². The number of phenolic OH excluding ortho intramolecular Hbond substituents is 1. The second kappa shape index (κ2) is 11.8. The van der Waals surface area contributed by atoms with Crippen LogP contribution in [0.1, 0.15) is 34.3 Å². The number of rotatable bonds is 11. The molecule has 30 heavy (non-hydrogen) atoms. The van der Waals surface area contributed by atoms with Gasteiger partial charge in [-0.2, -0.15) is 0 Å². The Bertz CT molecular complexity index is 816. The van der Waals surface area contributed by atoms with E-state index in [2.05, 4.69) is 10.6 Å². The summed E-state index contributed by atoms with van der Waals surface area (Å²) in [5, 5.41) is 16.2. The number of amides is 1. The Morgan fingerprint density at radius 2 is 1.87 bits per heavy atom. The zero-order chi connectivity index (χ0) is 21.9. The van der Waals surface area contributed by atoms with E-state index in [-0.39, 0.29) is 17.7 Å². The Kier molecular flexibility index (Phi) is 9.15. The smallest absolute Gasteiger partial charge is 0.328 e. The Morgan fingerprint density at radius 1 is 1.13 bits per heavy atom. The fourth-order valence-corrected chi connectivity index (χ4v) is 3.12. The number of hydrogen-bond acceptors (Lipinski definition) is 6. The fourth-order valence-electron chi connectivity index (χ4n) is 3.12. The maximum absolute atomic E-state index is 12.8. The third-order valence-electron chi connectivity index (χ3n) is 4.68. The standard InChI is InChI=1S/C23H30N2O5/c1-16-13-18(30-12-8-7-11-24-2)15-20(26)21(16)22(27)25-19(23(28)29-3)14-17-9-5-4-6-10-17/h4-6,9-10,13,15,19,24,26H,7-8,11-12,14H2,1-3H3,(H,25,27)/t19-/m0/s1. The predicted molar refractivity (Wildman–Crippen MR) is 115 cm³/mol. The van der Waals surface area contributed by atoms with Crippen LogP contribution in [0.3, 0.4) is 0 Å². The highest BCUT2D eigenvalue weighted by atomic mass is 16.5. The third kappa shape index (κ3) is 6.77. The van der Waals surface area contributed by atoms with Crippen molar-refractivity contribution in [2.45, 2.75) is 32.2 Å². The maximum atomic E-state index is 12.8. The molecule has 0 bridgehead atoms. The summed E-state index contributed by atoms with van der Waals surface area (Å²) in [5.74, 6) is -0.788. The molecule has 1 atom stereocenters. The molecule has 0 heterocycles. The van der Waals surface area contributed by atoms with E-state index in [4.69, 9.17) is 9.47 Å². The summed E-state index contributed by atoms with van der Waals surface area (Å²) in [6.45, 7) is 3.15. The van der Waals surface area contributed by atoms with Gasteiger partial charge in [-0.25, -0.2) is 4.79 Å². The monoisotopic (exact) mass is 414 g/mol. The number of nitrogens with one attached hydrogen (secondary N) is 2. The van der Waals surface area contributed by atoms with Crippen molar-refractivity contribution in [1.29, 1.82) is 0 Å². The van der Waals surface area contributed by atoms with E-state index in [0.29, 0.717) is 17.9 Å². The maximum Gasteiger partial charge on any atom is 0.328 e. The Balaban J connectivity index is 2.09. The fraction of sp³-hybridized carbons (Fsp3) is 0.391. The topological polar surface area (TPSA) is 96.9 Å². The van der Waals surface area contributed by atoms with Crippen LogP contribution in [0.5, 0.6) is 11.5 Å². The minimum atomic E-state index is -0.869. The zero-order valence-electron chi connectivity index (χ0n) is 17.7. The van der Waals surface area contributed by atoms with Gasteiger partial charge in [0, 0.05) is 12.5 Å². The van der Waals surface area contributed by atoms with Crippen molar-refractivity contribution < 1.29 is 24.2 Å². The number of aromatic hydroxyl groups is 1. The lowest BCUT2D eigenvalue weighted by molar-refractivity contribution is -0.142. The molecule has 2 rings (SSSR count). The molecule has 162 valence electrons. The summed E-state index contributed by atoms with van der Waals surface area (Å²) in [4.78, 5) is 25.0. The lowest BCUT2D eigenvalue weighted by Gasteiger charge is -2.18. The summed E-state index contributed by atoms with van der Waals surface area (Å²) >= 11 is 0. The van der Waals surface area contributed by atoms with Crippen molar-refractivity contribution in [2.24, 2.45) is 0 Å². The molecule has 0 unspecified atom stereocenters. The van der Waals surface area contributed by atoms with E-state index >= 15 is 0 Å². The van der Waals surface area contributed by atoms with Gasteiger partial charge in [0.25, 0.3) is 5.91 Å². The van der Waals surface area contributed by atoms with E-state index < -0.39 is 17.9 Å². The van der Waals surface area contributed by atoms with Gasteiger partial charge in [-0.15, -0.1) is 0 Å². The predicted octanol–water partition coefficient (Wildman–Crippen LogP) is 2.59. The van der Waals surface area contributed by atoms with Gasteiger partial charge in [0.05, 0.1) is 19.3 Å². The summed E-state index contributed by atoms with van der Waals surface area (Å²) in [6.07, 6.45) is 2.15. The number of carbonyl (C=O) groups excluding carboxylic acids is 2. The van der Waals surface area contributed by atoms with Crippen molar-refractivity contribution in [2.75, 3.05) is 27.3 Å². The molecule has 2 aromatic rings. The van der Waals surface area contributed by atoms with E-state index in [1.807, 2.05) is 37.4 Å². The Morgan fingerprint density at radius 3 is 2.50 bits per heavy atom. The minimum Gasteiger partial charge on any atom is -0.507 e. The summed E-state index contributed by atoms with van der Waals surface area (Å²) < 4.78 is 10.5. The van der Waals surface area contributed by atoms with Crippen molar-refractivity contribution in [1.82, 2.24) is 10.6 Å². The van der Waals surface area contributed by atoms with Crippen molar-refractivity contribution in [3.63, 3.8) is 0 Å². The van der Waals surface area contributed by atoms with Gasteiger partial charge >= 0.3 is 5.97 Å². The normalized spacial score (nSPS) is 11.6. The number of esters is 1. The average molecular weight is 415 g/mol. The van der Waals surface area contributed by atoms with Gasteiger partial charge in [0.1, 0.15) is 17.5 Å². The van der Waals surface area contributed by atoms with Gasteiger partial charge in [-0.3, -0.25) is 4.79 Å². The molecule has 0 saturated carbocycles. The van der Waals surface area contributed by atoms with Crippen LogP contribution in [-0.2, 0) is 16.0 Å². The number of unbranched alkanes of at least 4 members (excludes halogenated alkanes) is 1. The molecule has 0 radical (unpaired) electrons. The number of ether oxygens (including phenoxy) is 2. The van der Waals surface area contributed by atoms with Crippen LogP contribution in [0, 0.1) is 6.92 Å². The Hall–Kier alpha value is -3.06. The van der Waals surface area contributed by atoms with E-state index in [1.54, 1.807) is 13.0 Å². The molecular weight excluding hydrogens is 384 g/mol. The highest BCUT2D eigenvalue weighted by Crippen LogP contribution is 2.28. The molecule has 0 aromatic heterocycles. The van der Waals surface area contributed by atoms with Crippen LogP contribution in [0.2, 0.25) is 0 Å². The first-order valence-corrected chi connectivity index (χ1v) is 10.00. The first kappa shape index (κ1) is 23.2. The van der Waals surface area contributed by atoms with Gasteiger partial charge in [-0.1, -0.05) is 30.3 Å². The molecule has 0 aliphatic carbocycles. The van der Waals surface area contributed by atoms with Crippen LogP contribution < -0.4 is 15.4 Å². The minimum absolute atomic E-state index is 0.111. The second-order valence-corrected chi connectivity index (χ2v) is 7.03. The molecule has 1 amide bonds. The number of aryl methyl sites for hydroxylation is 1. The molecular formula is C23H30N2O5. The third-order valence-corrected chi connectivity index (χ3v) is 4.68. The first-order valence-electron chi connectivity index (χ1n) is 10.00. The van der Waals surface area contributed by atoms with Crippen molar-refractivity contribution >= 4 is 11.9 Å². The number of carbonyl (C=O) groups is 2. The van der Waals surface area contributed by atoms with Gasteiger partial charge in [0.2, 0.25) is 0 Å². The van der Waals surface area contributed by atoms with E-state index in [1.165, 1.54) is 13.2 Å². The molecule has 0 spiro atoms. The van der Waals surface area contributed by atoms with Crippen molar-refractivity contribution in [3.8, 4) is 11.5 Å². The summed E-state index contributed by atoms with van der Waals surface area (Å²) in [5.41, 5.74) is 1.55. The molecule has 7 heteroatoms. The van der Waals surface area contributed by atoms with Crippen LogP contribution >= 0.6 is 0 Å². The molecule has 7 nitrogen and oxygen atoms in total. The van der Waals surface area contributed by atoms with E-state index in [9.17, 15) is 14.7 Å². The molecule has 0 saturated heterocycles.